The number of carbonyl (C=O) groups excluding carboxylic acids is 1. The molecule has 2 saturated carbocycles. The average molecular weight is 457 g/mol. The Morgan fingerprint density at radius 1 is 1.06 bits per heavy atom. The highest BCUT2D eigenvalue weighted by Crippen LogP contribution is 2.30. The number of aromatic amines is 1. The maximum absolute atomic E-state index is 14.7. The van der Waals surface area contributed by atoms with E-state index in [2.05, 4.69) is 30.6 Å². The molecule has 2 aliphatic rings. The second kappa shape index (κ2) is 9.02. The molecule has 3 aromatic heterocycles. The van der Waals surface area contributed by atoms with Gasteiger partial charge in [0.1, 0.15) is 5.65 Å². The molecule has 0 aromatic carbocycles. The zero-order valence-corrected chi connectivity index (χ0v) is 18.5. The number of rotatable bonds is 5. The molecular weight excluding hydrogens is 431 g/mol. The lowest BCUT2D eigenvalue weighted by Gasteiger charge is -2.34. The van der Waals surface area contributed by atoms with Crippen molar-refractivity contribution in [3.63, 3.8) is 0 Å². The van der Waals surface area contributed by atoms with Crippen LogP contribution in [0, 0.1) is 11.7 Å². The minimum Gasteiger partial charge on any atom is -0.363 e. The van der Waals surface area contributed by atoms with Gasteiger partial charge in [0.25, 0.3) is 0 Å². The van der Waals surface area contributed by atoms with Crippen molar-refractivity contribution < 1.29 is 9.18 Å². The highest BCUT2D eigenvalue weighted by molar-refractivity contribution is 6.31. The quantitative estimate of drug-likeness (QED) is 0.510. The van der Waals surface area contributed by atoms with Gasteiger partial charge in [0.2, 0.25) is 5.91 Å². The summed E-state index contributed by atoms with van der Waals surface area (Å²) in [5.74, 6) is 0.254. The van der Waals surface area contributed by atoms with E-state index in [0.717, 1.165) is 56.8 Å². The number of amides is 1. The van der Waals surface area contributed by atoms with Gasteiger partial charge in [0.05, 0.1) is 11.2 Å². The summed E-state index contributed by atoms with van der Waals surface area (Å²) in [4.78, 5) is 28.7. The third kappa shape index (κ3) is 4.28. The van der Waals surface area contributed by atoms with Crippen molar-refractivity contribution in [2.45, 2.75) is 63.5 Å². The summed E-state index contributed by atoms with van der Waals surface area (Å²) in [6.45, 7) is 0. The van der Waals surface area contributed by atoms with E-state index in [1.54, 1.807) is 18.5 Å². The van der Waals surface area contributed by atoms with Crippen LogP contribution in [0.1, 0.15) is 51.4 Å². The first-order chi connectivity index (χ1) is 15.6. The normalized spacial score (nSPS) is 21.7. The van der Waals surface area contributed by atoms with Crippen LogP contribution >= 0.6 is 11.6 Å². The third-order valence-electron chi connectivity index (χ3n) is 6.62. The maximum Gasteiger partial charge on any atom is 0.223 e. The van der Waals surface area contributed by atoms with Crippen LogP contribution in [-0.2, 0) is 4.79 Å². The van der Waals surface area contributed by atoms with Gasteiger partial charge in [0.15, 0.2) is 17.5 Å². The Labute approximate surface area is 190 Å². The van der Waals surface area contributed by atoms with E-state index in [1.165, 1.54) is 6.20 Å². The number of nitrogens with zero attached hydrogens (tertiary/aromatic N) is 3. The van der Waals surface area contributed by atoms with E-state index in [4.69, 9.17) is 11.6 Å². The van der Waals surface area contributed by atoms with E-state index in [0.29, 0.717) is 22.1 Å². The van der Waals surface area contributed by atoms with Crippen molar-refractivity contribution in [2.24, 2.45) is 5.92 Å². The molecule has 0 saturated heterocycles. The van der Waals surface area contributed by atoms with Gasteiger partial charge >= 0.3 is 0 Å². The Morgan fingerprint density at radius 2 is 1.81 bits per heavy atom. The molecule has 3 N–H and O–H groups in total. The molecule has 5 rings (SSSR count). The number of halogens is 2. The van der Waals surface area contributed by atoms with Crippen molar-refractivity contribution in [3.05, 3.63) is 35.5 Å². The van der Waals surface area contributed by atoms with Gasteiger partial charge in [-0.3, -0.25) is 4.79 Å². The smallest absolute Gasteiger partial charge is 0.223 e. The topological polar surface area (TPSA) is 95.6 Å². The van der Waals surface area contributed by atoms with E-state index >= 15 is 0 Å². The second-order valence-corrected chi connectivity index (χ2v) is 9.21. The summed E-state index contributed by atoms with van der Waals surface area (Å²) in [6, 6.07) is 1.67. The second-order valence-electron chi connectivity index (χ2n) is 8.77. The number of fused-ring (bicyclic) bond motifs is 1. The summed E-state index contributed by atoms with van der Waals surface area (Å²) in [5, 5.41) is 7.77. The average Bonchev–Trinajstić information content (AvgIpc) is 3.47. The molecule has 0 spiro atoms. The predicted octanol–water partition coefficient (Wildman–Crippen LogP) is 4.84. The van der Waals surface area contributed by atoms with E-state index in [-0.39, 0.29) is 29.7 Å². The Balaban J connectivity index is 1.38. The number of anilines is 1. The van der Waals surface area contributed by atoms with E-state index < -0.39 is 5.82 Å². The fourth-order valence-electron chi connectivity index (χ4n) is 4.90. The summed E-state index contributed by atoms with van der Waals surface area (Å²) in [6.07, 6.45) is 12.5. The molecule has 7 nitrogen and oxygen atoms in total. The molecule has 0 bridgehead atoms. The molecule has 0 aliphatic heterocycles. The third-order valence-corrected chi connectivity index (χ3v) is 6.83. The van der Waals surface area contributed by atoms with Gasteiger partial charge in [-0.15, -0.1) is 0 Å². The van der Waals surface area contributed by atoms with E-state index in [9.17, 15) is 9.18 Å². The van der Waals surface area contributed by atoms with Crippen molar-refractivity contribution in [1.29, 1.82) is 0 Å². The van der Waals surface area contributed by atoms with Gasteiger partial charge in [-0.25, -0.2) is 19.3 Å². The minimum atomic E-state index is -0.517. The summed E-state index contributed by atoms with van der Waals surface area (Å²) < 4.78 is 14.7. The van der Waals surface area contributed by atoms with Gasteiger partial charge in [-0.1, -0.05) is 37.3 Å². The highest BCUT2D eigenvalue weighted by Gasteiger charge is 2.31. The monoisotopic (exact) mass is 456 g/mol. The lowest BCUT2D eigenvalue weighted by Crippen LogP contribution is -2.50. The first-order valence-electron chi connectivity index (χ1n) is 11.3. The SMILES string of the molecule is O=C(N[C@@H]1CCCC[C@H]1Nc1nc(-c2c[nH]c3ncc(Cl)cc23)ncc1F)C1CCCC1. The number of pyridine rings is 1. The fourth-order valence-corrected chi connectivity index (χ4v) is 5.06. The Kier molecular flexibility index (Phi) is 5.95. The first-order valence-corrected chi connectivity index (χ1v) is 11.7. The molecule has 2 atom stereocenters. The molecular formula is C23H26ClFN6O. The highest BCUT2D eigenvalue weighted by atomic mass is 35.5. The van der Waals surface area contributed by atoms with Gasteiger partial charge in [0, 0.05) is 41.3 Å². The zero-order valence-electron chi connectivity index (χ0n) is 17.7. The minimum absolute atomic E-state index is 0.0363. The molecule has 3 heterocycles. The molecule has 3 aromatic rings. The zero-order chi connectivity index (χ0) is 22.1. The van der Waals surface area contributed by atoms with Crippen LogP contribution in [0.4, 0.5) is 10.2 Å². The lowest BCUT2D eigenvalue weighted by molar-refractivity contribution is -0.125. The maximum atomic E-state index is 14.7. The van der Waals surface area contributed by atoms with Crippen LogP contribution in [0.3, 0.4) is 0 Å². The van der Waals surface area contributed by atoms with Crippen LogP contribution in [0.5, 0.6) is 0 Å². The number of nitrogens with one attached hydrogen (secondary N) is 3. The fraction of sp³-hybridized carbons (Fsp3) is 0.478. The summed E-state index contributed by atoms with van der Waals surface area (Å²) >= 11 is 6.10. The van der Waals surface area contributed by atoms with Crippen molar-refractivity contribution in [2.75, 3.05) is 5.32 Å². The molecule has 0 unspecified atom stereocenters. The Bertz CT molecular complexity index is 1130. The largest absolute Gasteiger partial charge is 0.363 e. The van der Waals surface area contributed by atoms with Gasteiger partial charge in [-0.05, 0) is 31.7 Å². The van der Waals surface area contributed by atoms with Crippen LogP contribution in [-0.4, -0.2) is 37.9 Å². The van der Waals surface area contributed by atoms with Crippen LogP contribution in [0.15, 0.2) is 24.7 Å². The molecule has 32 heavy (non-hydrogen) atoms. The standard InChI is InChI=1S/C23H26ClFN6O/c24-14-9-15-16(11-27-20(15)26-10-14)21-28-12-17(25)22(31-21)29-18-7-3-4-8-19(18)30-23(32)13-5-1-2-6-13/h9-13,18-19H,1-8H2,(H,26,27)(H,30,32)(H,28,29,31)/t18-,19-/m1/s1. The van der Waals surface area contributed by atoms with Gasteiger partial charge in [-0.2, -0.15) is 0 Å². The molecule has 0 radical (unpaired) electrons. The number of carbonyl (C=O) groups is 1. The number of hydrogen-bond donors (Lipinski definition) is 3. The van der Waals surface area contributed by atoms with Gasteiger partial charge < -0.3 is 15.6 Å². The Hall–Kier alpha value is -2.74. The summed E-state index contributed by atoms with van der Waals surface area (Å²) in [5.41, 5.74) is 1.36. The van der Waals surface area contributed by atoms with Crippen LogP contribution in [0.2, 0.25) is 5.02 Å². The van der Waals surface area contributed by atoms with Crippen LogP contribution in [0.25, 0.3) is 22.4 Å². The summed E-state index contributed by atoms with van der Waals surface area (Å²) in [7, 11) is 0. The van der Waals surface area contributed by atoms with Crippen molar-refractivity contribution >= 4 is 34.4 Å². The molecule has 9 heteroatoms. The number of aromatic nitrogens is 4. The first kappa shape index (κ1) is 21.1. The molecule has 168 valence electrons. The lowest BCUT2D eigenvalue weighted by atomic mass is 9.89. The molecule has 2 fully saturated rings. The molecule has 1 amide bonds. The number of hydrogen-bond acceptors (Lipinski definition) is 5. The Morgan fingerprint density at radius 3 is 2.62 bits per heavy atom. The number of H-pyrrole nitrogens is 1. The van der Waals surface area contributed by atoms with Crippen LogP contribution < -0.4 is 10.6 Å². The molecule has 2 aliphatic carbocycles. The predicted molar refractivity (Wildman–Crippen MR) is 122 cm³/mol. The van der Waals surface area contributed by atoms with Crippen molar-refractivity contribution in [1.82, 2.24) is 25.3 Å². The van der Waals surface area contributed by atoms with E-state index in [1.807, 2.05) is 0 Å². The van der Waals surface area contributed by atoms with Crippen molar-refractivity contribution in [3.8, 4) is 11.4 Å².